The summed E-state index contributed by atoms with van der Waals surface area (Å²) in [6, 6.07) is 4.81. The Morgan fingerprint density at radius 3 is 2.60 bits per heavy atom. The van der Waals surface area contributed by atoms with Gasteiger partial charge in [-0.05, 0) is 37.3 Å². The second kappa shape index (κ2) is 7.71. The molecule has 3 atom stereocenters. The number of carbonyl (C=O) groups excluding carboxylic acids is 1. The first kappa shape index (κ1) is 21.8. The van der Waals surface area contributed by atoms with Gasteiger partial charge in [-0.1, -0.05) is 11.6 Å². The number of anilines is 1. The van der Waals surface area contributed by atoms with Crippen molar-refractivity contribution in [3.63, 3.8) is 0 Å². The second-order valence-corrected chi connectivity index (χ2v) is 7.03. The smallest absolute Gasteiger partial charge is 0.428 e. The quantitative estimate of drug-likeness (QED) is 0.696. The minimum absolute atomic E-state index is 0.0228. The fraction of sp³-hybridized carbons (Fsp3) is 0.278. The maximum Gasteiger partial charge on any atom is 0.428 e. The van der Waals surface area contributed by atoms with E-state index in [1.54, 1.807) is 0 Å². The number of nitrogens with zero attached hydrogens (tertiary/aromatic N) is 2. The van der Waals surface area contributed by atoms with Crippen LogP contribution in [-0.4, -0.2) is 35.4 Å². The molecule has 0 radical (unpaired) electrons. The van der Waals surface area contributed by atoms with Gasteiger partial charge in [0.15, 0.2) is 6.17 Å². The van der Waals surface area contributed by atoms with Crippen LogP contribution in [0.3, 0.4) is 0 Å². The highest BCUT2D eigenvalue weighted by atomic mass is 35.5. The van der Waals surface area contributed by atoms with E-state index in [9.17, 15) is 26.7 Å². The van der Waals surface area contributed by atoms with E-state index in [0.717, 1.165) is 25.1 Å². The maximum absolute atomic E-state index is 14.8. The van der Waals surface area contributed by atoms with Crippen molar-refractivity contribution in [2.24, 2.45) is 10.7 Å². The highest BCUT2D eigenvalue weighted by Crippen LogP contribution is 2.43. The summed E-state index contributed by atoms with van der Waals surface area (Å²) in [5.74, 6) is -1.74. The highest BCUT2D eigenvalue weighted by Gasteiger charge is 2.58. The molecule has 6 nitrogen and oxygen atoms in total. The Hall–Kier alpha value is -2.95. The number of nitrogens with two attached hydrogens (primary N) is 1. The third kappa shape index (κ3) is 4.16. The van der Waals surface area contributed by atoms with Crippen molar-refractivity contribution in [1.29, 1.82) is 0 Å². The monoisotopic (exact) mass is 448 g/mol. The molecule has 12 heteroatoms. The van der Waals surface area contributed by atoms with E-state index in [2.05, 4.69) is 20.0 Å². The van der Waals surface area contributed by atoms with Crippen molar-refractivity contribution in [2.45, 2.75) is 30.9 Å². The predicted octanol–water partition coefficient (Wildman–Crippen LogP) is 3.96. The van der Waals surface area contributed by atoms with E-state index in [1.807, 2.05) is 0 Å². The molecular formula is C18H14ClF5N4O2. The van der Waals surface area contributed by atoms with Crippen LogP contribution in [0.4, 0.5) is 27.6 Å². The summed E-state index contributed by atoms with van der Waals surface area (Å²) in [5.41, 5.74) is 2.36. The number of halogens is 6. The minimum atomic E-state index is -5.11. The molecule has 3 rings (SSSR count). The average Bonchev–Trinajstić information content (AvgIpc) is 2.65. The topological polar surface area (TPSA) is 89.6 Å². The lowest BCUT2D eigenvalue weighted by Gasteiger charge is -2.39. The number of hydrogen-bond acceptors (Lipinski definition) is 5. The summed E-state index contributed by atoms with van der Waals surface area (Å²) in [5, 5.41) is 2.70. The molecule has 0 bridgehead atoms. The Morgan fingerprint density at radius 2 is 2.00 bits per heavy atom. The van der Waals surface area contributed by atoms with Crippen molar-refractivity contribution in [3.8, 4) is 0 Å². The lowest BCUT2D eigenvalue weighted by molar-refractivity contribution is -0.227. The number of amides is 1. The SMILES string of the molecule is C[C@]1(c2cc(NC(=O)c3ccc(Cl)cn3)ccc2F)N=C(N)O[C@@H](C(F)(F)F)[C@@H]1F. The molecule has 0 fully saturated rings. The highest BCUT2D eigenvalue weighted by molar-refractivity contribution is 6.30. The molecule has 3 N–H and O–H groups in total. The van der Waals surface area contributed by atoms with Gasteiger partial charge in [0.05, 0.1) is 5.02 Å². The van der Waals surface area contributed by atoms with Crippen LogP contribution in [0.2, 0.25) is 5.02 Å². The largest absolute Gasteiger partial charge is 0.449 e. The number of aromatic nitrogens is 1. The number of ether oxygens (including phenoxy) is 1. The number of hydrogen-bond donors (Lipinski definition) is 2. The number of alkyl halides is 4. The van der Waals surface area contributed by atoms with Gasteiger partial charge in [-0.3, -0.25) is 4.79 Å². The molecule has 0 saturated heterocycles. The number of rotatable bonds is 3. The van der Waals surface area contributed by atoms with Gasteiger partial charge in [0.2, 0.25) is 6.10 Å². The molecule has 2 aromatic rings. The molecule has 2 heterocycles. The van der Waals surface area contributed by atoms with Gasteiger partial charge in [0, 0.05) is 17.4 Å². The average molecular weight is 449 g/mol. The summed E-state index contributed by atoms with van der Waals surface area (Å²) in [6.45, 7) is 0.955. The number of amidine groups is 1. The fourth-order valence-corrected chi connectivity index (χ4v) is 3.05. The van der Waals surface area contributed by atoms with Crippen LogP contribution in [-0.2, 0) is 10.3 Å². The van der Waals surface area contributed by atoms with Crippen LogP contribution in [0.1, 0.15) is 23.0 Å². The first-order valence-electron chi connectivity index (χ1n) is 8.37. The molecular weight excluding hydrogens is 435 g/mol. The van der Waals surface area contributed by atoms with Crippen molar-refractivity contribution in [3.05, 3.63) is 58.6 Å². The predicted molar refractivity (Wildman–Crippen MR) is 98.4 cm³/mol. The molecule has 0 unspecified atom stereocenters. The molecule has 0 aliphatic carbocycles. The summed E-state index contributed by atoms with van der Waals surface area (Å²) < 4.78 is 73.1. The summed E-state index contributed by atoms with van der Waals surface area (Å²) >= 11 is 5.70. The zero-order valence-electron chi connectivity index (χ0n) is 15.2. The molecule has 0 spiro atoms. The third-order valence-corrected chi connectivity index (χ3v) is 4.67. The minimum Gasteiger partial charge on any atom is -0.449 e. The molecule has 1 aliphatic rings. The van der Waals surface area contributed by atoms with Crippen LogP contribution < -0.4 is 11.1 Å². The van der Waals surface area contributed by atoms with Crippen LogP contribution in [0, 0.1) is 5.82 Å². The van der Waals surface area contributed by atoms with Gasteiger partial charge in [-0.15, -0.1) is 0 Å². The Labute approximate surface area is 171 Å². The Balaban J connectivity index is 1.97. The van der Waals surface area contributed by atoms with Crippen LogP contribution in [0.15, 0.2) is 41.5 Å². The van der Waals surface area contributed by atoms with Crippen molar-refractivity contribution in [1.82, 2.24) is 4.98 Å². The van der Waals surface area contributed by atoms with E-state index in [1.165, 1.54) is 18.3 Å². The van der Waals surface area contributed by atoms with E-state index in [4.69, 9.17) is 17.3 Å². The Kier molecular flexibility index (Phi) is 5.59. The van der Waals surface area contributed by atoms with E-state index in [0.29, 0.717) is 5.02 Å². The zero-order valence-corrected chi connectivity index (χ0v) is 15.9. The molecule has 1 aromatic carbocycles. The van der Waals surface area contributed by atoms with Crippen LogP contribution >= 0.6 is 11.6 Å². The van der Waals surface area contributed by atoms with Gasteiger partial charge in [-0.25, -0.2) is 18.8 Å². The van der Waals surface area contributed by atoms with E-state index < -0.39 is 47.3 Å². The van der Waals surface area contributed by atoms with Gasteiger partial charge in [-0.2, -0.15) is 13.2 Å². The van der Waals surface area contributed by atoms with Crippen molar-refractivity contribution >= 4 is 29.2 Å². The molecule has 1 amide bonds. The van der Waals surface area contributed by atoms with Gasteiger partial charge in [0.1, 0.15) is 17.1 Å². The molecule has 160 valence electrons. The van der Waals surface area contributed by atoms with Gasteiger partial charge >= 0.3 is 6.18 Å². The zero-order chi connectivity index (χ0) is 22.3. The lowest BCUT2D eigenvalue weighted by atomic mass is 9.83. The lowest BCUT2D eigenvalue weighted by Crippen LogP contribution is -2.55. The van der Waals surface area contributed by atoms with Crippen molar-refractivity contribution in [2.75, 3.05) is 5.32 Å². The fourth-order valence-electron chi connectivity index (χ4n) is 2.94. The van der Waals surface area contributed by atoms with Crippen LogP contribution in [0.25, 0.3) is 0 Å². The van der Waals surface area contributed by atoms with E-state index >= 15 is 0 Å². The number of pyridine rings is 1. The van der Waals surface area contributed by atoms with Gasteiger partial charge < -0.3 is 15.8 Å². The van der Waals surface area contributed by atoms with E-state index in [-0.39, 0.29) is 11.4 Å². The first-order valence-corrected chi connectivity index (χ1v) is 8.75. The summed E-state index contributed by atoms with van der Waals surface area (Å²) in [7, 11) is 0. The molecule has 1 aromatic heterocycles. The molecule has 0 saturated carbocycles. The summed E-state index contributed by atoms with van der Waals surface area (Å²) in [6.07, 6.45) is -9.61. The van der Waals surface area contributed by atoms with Crippen LogP contribution in [0.5, 0.6) is 0 Å². The van der Waals surface area contributed by atoms with Crippen molar-refractivity contribution < 1.29 is 31.5 Å². The Morgan fingerprint density at radius 1 is 1.30 bits per heavy atom. The molecule has 1 aliphatic heterocycles. The van der Waals surface area contributed by atoms with Gasteiger partial charge in [0.25, 0.3) is 11.9 Å². The molecule has 30 heavy (non-hydrogen) atoms. The first-order chi connectivity index (χ1) is 13.9. The normalized spacial score (nSPS) is 24.0. The standard InChI is InChI=1S/C18H14ClF5N4O2/c1-17(13(21)14(18(22,23)24)30-16(25)28-17)10-6-9(3-4-11(10)20)27-15(29)12-5-2-8(19)7-26-12/h2-7,13-14H,1H3,(H2,25,28)(H,27,29)/t13-,14+,17+/m0/s1. The number of carbonyl (C=O) groups is 1. The number of benzene rings is 1. The third-order valence-electron chi connectivity index (χ3n) is 4.45. The Bertz CT molecular complexity index is 999. The maximum atomic E-state index is 14.8. The summed E-state index contributed by atoms with van der Waals surface area (Å²) in [4.78, 5) is 19.7. The number of nitrogens with one attached hydrogen (secondary N) is 1. The number of aliphatic imine (C=N–C) groups is 1. The second-order valence-electron chi connectivity index (χ2n) is 6.59.